The summed E-state index contributed by atoms with van der Waals surface area (Å²) in [6.07, 6.45) is 3.71. The molecule has 0 saturated carbocycles. The van der Waals surface area contributed by atoms with Crippen LogP contribution in [-0.4, -0.2) is 39.8 Å². The molecule has 29 heavy (non-hydrogen) atoms. The molecule has 5 nitrogen and oxygen atoms in total. The molecule has 2 unspecified atom stereocenters. The number of benzene rings is 1. The number of hydrogen-bond donors (Lipinski definition) is 1. The molecule has 2 aromatic heterocycles. The topological polar surface area (TPSA) is 42.3 Å². The molecule has 0 aliphatic carbocycles. The number of nitrogens with zero attached hydrogens (tertiary/aromatic N) is 3. The molecular weight excluding hydrogens is 411 g/mol. The minimum atomic E-state index is -0.444. The van der Waals surface area contributed by atoms with Crippen LogP contribution in [0.15, 0.2) is 60.9 Å². The summed E-state index contributed by atoms with van der Waals surface area (Å²) in [5, 5.41) is 4.14. The summed E-state index contributed by atoms with van der Waals surface area (Å²) < 4.78 is 21.0. The molecule has 150 valence electrons. The first kappa shape index (κ1) is 19.8. The highest BCUT2D eigenvalue weighted by Crippen LogP contribution is 2.39. The van der Waals surface area contributed by atoms with E-state index in [-0.39, 0.29) is 17.1 Å². The molecule has 2 atom stereocenters. The fourth-order valence-electron chi connectivity index (χ4n) is 3.66. The zero-order chi connectivity index (χ0) is 20.4. The van der Waals surface area contributed by atoms with Crippen molar-refractivity contribution in [1.29, 1.82) is 0 Å². The molecule has 0 amide bonds. The average molecular weight is 431 g/mol. The first-order valence-electron chi connectivity index (χ1n) is 9.20. The number of thiocarbonyl (C=S) groups is 1. The quantitative estimate of drug-likeness (QED) is 0.591. The SMILES string of the molecule is COCCN1C(=S)NC(c2ccccn2)C1c1cccn1-c1ccc(F)c(Cl)c1. The van der Waals surface area contributed by atoms with E-state index >= 15 is 0 Å². The van der Waals surface area contributed by atoms with Crippen LogP contribution in [-0.2, 0) is 4.74 Å². The predicted octanol–water partition coefficient (Wildman–Crippen LogP) is 4.28. The van der Waals surface area contributed by atoms with E-state index in [1.807, 2.05) is 41.1 Å². The van der Waals surface area contributed by atoms with Gasteiger partial charge in [-0.1, -0.05) is 17.7 Å². The number of nitrogens with one attached hydrogen (secondary N) is 1. The zero-order valence-corrected chi connectivity index (χ0v) is 17.3. The Labute approximate surface area is 179 Å². The number of ether oxygens (including phenoxy) is 1. The lowest BCUT2D eigenvalue weighted by atomic mass is 10.0. The van der Waals surface area contributed by atoms with E-state index in [1.165, 1.54) is 6.07 Å². The maximum Gasteiger partial charge on any atom is 0.170 e. The van der Waals surface area contributed by atoms with Crippen LogP contribution in [0.25, 0.3) is 5.69 Å². The number of aromatic nitrogens is 2. The van der Waals surface area contributed by atoms with Gasteiger partial charge in [0.25, 0.3) is 0 Å². The molecule has 0 spiro atoms. The van der Waals surface area contributed by atoms with Gasteiger partial charge < -0.3 is 19.5 Å². The van der Waals surface area contributed by atoms with Gasteiger partial charge in [0.15, 0.2) is 5.11 Å². The maximum atomic E-state index is 13.7. The van der Waals surface area contributed by atoms with E-state index < -0.39 is 5.82 Å². The minimum Gasteiger partial charge on any atom is -0.383 e. The molecule has 1 N–H and O–H groups in total. The molecule has 1 aromatic carbocycles. The summed E-state index contributed by atoms with van der Waals surface area (Å²) in [5.41, 5.74) is 2.66. The third-order valence-electron chi connectivity index (χ3n) is 5.00. The molecule has 1 aliphatic rings. The van der Waals surface area contributed by atoms with Crippen molar-refractivity contribution in [2.24, 2.45) is 0 Å². The van der Waals surface area contributed by atoms with E-state index in [2.05, 4.69) is 15.2 Å². The minimum absolute atomic E-state index is 0.0831. The summed E-state index contributed by atoms with van der Waals surface area (Å²) in [5.74, 6) is -0.444. The first-order chi connectivity index (χ1) is 14.1. The number of hydrogen-bond acceptors (Lipinski definition) is 3. The van der Waals surface area contributed by atoms with E-state index in [4.69, 9.17) is 28.6 Å². The lowest BCUT2D eigenvalue weighted by molar-refractivity contribution is 0.163. The Hall–Kier alpha value is -2.48. The van der Waals surface area contributed by atoms with E-state index in [0.29, 0.717) is 18.3 Å². The molecule has 0 bridgehead atoms. The summed E-state index contributed by atoms with van der Waals surface area (Å²) >= 11 is 11.7. The smallest absolute Gasteiger partial charge is 0.170 e. The van der Waals surface area contributed by atoms with Crippen molar-refractivity contribution in [2.75, 3.05) is 20.3 Å². The molecular formula is C21H20ClFN4OS. The molecule has 3 heterocycles. The van der Waals surface area contributed by atoms with Gasteiger partial charge in [0.05, 0.1) is 29.4 Å². The number of halogens is 2. The largest absolute Gasteiger partial charge is 0.383 e. The van der Waals surface area contributed by atoms with Crippen molar-refractivity contribution in [1.82, 2.24) is 19.8 Å². The molecule has 1 aliphatic heterocycles. The lowest BCUT2D eigenvalue weighted by Gasteiger charge is -2.28. The highest BCUT2D eigenvalue weighted by molar-refractivity contribution is 7.80. The maximum absolute atomic E-state index is 13.7. The van der Waals surface area contributed by atoms with Gasteiger partial charge in [-0.25, -0.2) is 4.39 Å². The number of rotatable bonds is 6. The van der Waals surface area contributed by atoms with Crippen LogP contribution in [0.5, 0.6) is 0 Å². The summed E-state index contributed by atoms with van der Waals surface area (Å²) in [6, 6.07) is 14.3. The van der Waals surface area contributed by atoms with Gasteiger partial charge in [-0.3, -0.25) is 4.98 Å². The summed E-state index contributed by atoms with van der Waals surface area (Å²) in [4.78, 5) is 6.64. The molecule has 8 heteroatoms. The van der Waals surface area contributed by atoms with Crippen molar-refractivity contribution in [2.45, 2.75) is 12.1 Å². The molecule has 1 saturated heterocycles. The second kappa shape index (κ2) is 8.49. The zero-order valence-electron chi connectivity index (χ0n) is 15.8. The van der Waals surface area contributed by atoms with E-state index in [1.54, 1.807) is 25.4 Å². The highest BCUT2D eigenvalue weighted by atomic mass is 35.5. The predicted molar refractivity (Wildman–Crippen MR) is 115 cm³/mol. The highest BCUT2D eigenvalue weighted by Gasteiger charge is 2.41. The van der Waals surface area contributed by atoms with E-state index in [9.17, 15) is 4.39 Å². The monoisotopic (exact) mass is 430 g/mol. The second-order valence-corrected chi connectivity index (χ2v) is 7.51. The lowest BCUT2D eigenvalue weighted by Crippen LogP contribution is -2.33. The third kappa shape index (κ3) is 3.85. The molecule has 1 fully saturated rings. The van der Waals surface area contributed by atoms with Crippen LogP contribution >= 0.6 is 23.8 Å². The van der Waals surface area contributed by atoms with Crippen molar-refractivity contribution >= 4 is 28.9 Å². The van der Waals surface area contributed by atoms with Gasteiger partial charge in [0.2, 0.25) is 0 Å². The fourth-order valence-corrected chi connectivity index (χ4v) is 4.17. The standard InChI is InChI=1S/C21H20ClFN4OS/c1-28-12-11-27-20(19(25-21(27)29)17-5-2-3-9-24-17)18-6-4-10-26(18)14-7-8-16(23)15(22)13-14/h2-10,13,19-20H,11-12H2,1H3,(H,25,29). The van der Waals surface area contributed by atoms with Crippen molar-refractivity contribution < 1.29 is 9.13 Å². The fraction of sp³-hybridized carbons (Fsp3) is 0.238. The number of methoxy groups -OCH3 is 1. The van der Waals surface area contributed by atoms with Gasteiger partial charge in [0.1, 0.15) is 5.82 Å². The second-order valence-electron chi connectivity index (χ2n) is 6.71. The van der Waals surface area contributed by atoms with Gasteiger partial charge >= 0.3 is 0 Å². The molecule has 0 radical (unpaired) electrons. The first-order valence-corrected chi connectivity index (χ1v) is 9.98. The molecule has 3 aromatic rings. The normalized spacial score (nSPS) is 18.9. The Morgan fingerprint density at radius 2 is 2.10 bits per heavy atom. The van der Waals surface area contributed by atoms with Crippen molar-refractivity contribution in [3.63, 3.8) is 0 Å². The van der Waals surface area contributed by atoms with Gasteiger partial charge in [-0.05, 0) is 54.7 Å². The Morgan fingerprint density at radius 3 is 2.83 bits per heavy atom. The van der Waals surface area contributed by atoms with Crippen molar-refractivity contribution in [3.05, 3.63) is 83.2 Å². The van der Waals surface area contributed by atoms with Crippen LogP contribution in [0.2, 0.25) is 5.02 Å². The molecule has 4 rings (SSSR count). The Bertz CT molecular complexity index is 1010. The Kier molecular flexibility index (Phi) is 5.80. The summed E-state index contributed by atoms with van der Waals surface area (Å²) in [6.45, 7) is 1.17. The van der Waals surface area contributed by atoms with Crippen LogP contribution < -0.4 is 5.32 Å². The van der Waals surface area contributed by atoms with Crippen molar-refractivity contribution in [3.8, 4) is 5.69 Å². The van der Waals surface area contributed by atoms with Crippen LogP contribution in [0.4, 0.5) is 4.39 Å². The third-order valence-corrected chi connectivity index (χ3v) is 5.64. The Balaban J connectivity index is 1.79. The summed E-state index contributed by atoms with van der Waals surface area (Å²) in [7, 11) is 1.67. The number of pyridine rings is 1. The van der Waals surface area contributed by atoms with Gasteiger partial charge in [-0.15, -0.1) is 0 Å². The van der Waals surface area contributed by atoms with Crippen LogP contribution in [0.1, 0.15) is 23.5 Å². The Morgan fingerprint density at radius 1 is 1.24 bits per heavy atom. The van der Waals surface area contributed by atoms with Gasteiger partial charge in [0, 0.05) is 37.4 Å². The van der Waals surface area contributed by atoms with E-state index in [0.717, 1.165) is 17.1 Å². The average Bonchev–Trinajstić information content (AvgIpc) is 3.33. The van der Waals surface area contributed by atoms with Crippen LogP contribution in [0.3, 0.4) is 0 Å². The van der Waals surface area contributed by atoms with Crippen LogP contribution in [0, 0.1) is 5.82 Å². The van der Waals surface area contributed by atoms with Gasteiger partial charge in [-0.2, -0.15) is 0 Å².